The minimum atomic E-state index is -0.931. The molecule has 3 aromatic carbocycles. The van der Waals surface area contributed by atoms with Gasteiger partial charge in [-0.05, 0) is 28.9 Å². The van der Waals surface area contributed by atoms with Crippen LogP contribution >= 0.6 is 12.2 Å². The van der Waals surface area contributed by atoms with Gasteiger partial charge < -0.3 is 0 Å². The molecule has 0 radical (unpaired) electrons. The molecular formula is C22H17NOS. The van der Waals surface area contributed by atoms with Gasteiger partial charge in [-0.1, -0.05) is 91.0 Å². The molecule has 0 aromatic heterocycles. The van der Waals surface area contributed by atoms with Crippen LogP contribution in [0.5, 0.6) is 0 Å². The Morgan fingerprint density at radius 1 is 0.760 bits per heavy atom. The first-order chi connectivity index (χ1) is 12.3. The highest BCUT2D eigenvalue weighted by molar-refractivity contribution is 7.78. The van der Waals surface area contributed by atoms with Crippen LogP contribution in [0.25, 0.3) is 0 Å². The Morgan fingerprint density at radius 3 is 1.44 bits per heavy atom. The van der Waals surface area contributed by atoms with E-state index in [1.165, 1.54) is 0 Å². The SMILES string of the molecule is O=C(CN=C=S)C(c1ccccc1)(c1ccccc1)c1ccccc1. The number of carbonyl (C=O) groups is 1. The summed E-state index contributed by atoms with van der Waals surface area (Å²) in [5.74, 6) is -0.0338. The van der Waals surface area contributed by atoms with Gasteiger partial charge in [0.1, 0.15) is 12.0 Å². The van der Waals surface area contributed by atoms with Crippen molar-refractivity contribution in [3.05, 3.63) is 108 Å². The van der Waals surface area contributed by atoms with Crippen LogP contribution in [0.15, 0.2) is 96.0 Å². The number of hydrogen-bond acceptors (Lipinski definition) is 3. The van der Waals surface area contributed by atoms with Gasteiger partial charge in [-0.15, -0.1) is 0 Å². The van der Waals surface area contributed by atoms with Gasteiger partial charge in [0, 0.05) is 0 Å². The molecule has 0 unspecified atom stereocenters. The van der Waals surface area contributed by atoms with E-state index >= 15 is 0 Å². The molecule has 0 N–H and O–H groups in total. The highest BCUT2D eigenvalue weighted by Crippen LogP contribution is 2.40. The summed E-state index contributed by atoms with van der Waals surface area (Å²) in [4.78, 5) is 17.4. The molecular weight excluding hydrogens is 326 g/mol. The fourth-order valence-electron chi connectivity index (χ4n) is 3.27. The highest BCUT2D eigenvalue weighted by atomic mass is 32.1. The summed E-state index contributed by atoms with van der Waals surface area (Å²) in [7, 11) is 0. The summed E-state index contributed by atoms with van der Waals surface area (Å²) < 4.78 is 0. The van der Waals surface area contributed by atoms with Crippen LogP contribution in [-0.2, 0) is 10.2 Å². The molecule has 0 aliphatic rings. The average Bonchev–Trinajstić information content (AvgIpc) is 2.69. The van der Waals surface area contributed by atoms with Crippen molar-refractivity contribution >= 4 is 23.2 Å². The smallest absolute Gasteiger partial charge is 0.174 e. The molecule has 0 amide bonds. The number of ketones is 1. The van der Waals surface area contributed by atoms with Crippen molar-refractivity contribution in [2.45, 2.75) is 5.41 Å². The largest absolute Gasteiger partial charge is 0.296 e. The van der Waals surface area contributed by atoms with Gasteiger partial charge in [0.2, 0.25) is 0 Å². The number of carbonyl (C=O) groups excluding carboxylic acids is 1. The first kappa shape index (κ1) is 17.0. The van der Waals surface area contributed by atoms with Gasteiger partial charge >= 0.3 is 0 Å². The zero-order chi connectivity index (χ0) is 17.5. The Bertz CT molecular complexity index is 788. The molecule has 3 rings (SSSR count). The standard InChI is InChI=1S/C22H17NOS/c24-21(16-23-17-25)22(18-10-4-1-5-11-18,19-12-6-2-7-13-19)20-14-8-3-9-15-20/h1-15H,16H2. The van der Waals surface area contributed by atoms with E-state index < -0.39 is 5.41 Å². The lowest BCUT2D eigenvalue weighted by atomic mass is 9.66. The van der Waals surface area contributed by atoms with Gasteiger partial charge in [0.25, 0.3) is 0 Å². The van der Waals surface area contributed by atoms with Crippen molar-refractivity contribution in [3.8, 4) is 0 Å². The van der Waals surface area contributed by atoms with Crippen LogP contribution in [0.4, 0.5) is 0 Å². The lowest BCUT2D eigenvalue weighted by Gasteiger charge is -2.34. The van der Waals surface area contributed by atoms with Crippen molar-refractivity contribution in [2.24, 2.45) is 4.99 Å². The minimum absolute atomic E-state index is 0.0117. The van der Waals surface area contributed by atoms with E-state index in [0.29, 0.717) is 0 Å². The summed E-state index contributed by atoms with van der Waals surface area (Å²) in [6, 6.07) is 29.5. The second-order valence-electron chi connectivity index (χ2n) is 5.68. The predicted molar refractivity (Wildman–Crippen MR) is 104 cm³/mol. The summed E-state index contributed by atoms with van der Waals surface area (Å²) in [6.07, 6.45) is 0. The maximum Gasteiger partial charge on any atom is 0.174 e. The van der Waals surface area contributed by atoms with Crippen LogP contribution < -0.4 is 0 Å². The van der Waals surface area contributed by atoms with E-state index in [0.717, 1.165) is 16.7 Å². The lowest BCUT2D eigenvalue weighted by Crippen LogP contribution is -2.40. The normalized spacial score (nSPS) is 10.7. The summed E-state index contributed by atoms with van der Waals surface area (Å²) >= 11 is 4.67. The number of thiocarbonyl (C=S) groups is 1. The van der Waals surface area contributed by atoms with Crippen LogP contribution in [-0.4, -0.2) is 17.5 Å². The monoisotopic (exact) mass is 343 g/mol. The average molecular weight is 343 g/mol. The first-order valence-electron chi connectivity index (χ1n) is 8.03. The van der Waals surface area contributed by atoms with E-state index in [9.17, 15) is 4.79 Å². The Hall–Kier alpha value is -2.87. The van der Waals surface area contributed by atoms with E-state index in [1.54, 1.807) is 0 Å². The fourth-order valence-corrected chi connectivity index (χ4v) is 3.33. The summed E-state index contributed by atoms with van der Waals surface area (Å²) in [5.41, 5.74) is 1.81. The zero-order valence-electron chi connectivity index (χ0n) is 13.6. The molecule has 25 heavy (non-hydrogen) atoms. The Kier molecular flexibility index (Phi) is 5.30. The number of isothiocyanates is 1. The Balaban J connectivity index is 2.35. The number of benzene rings is 3. The Morgan fingerprint density at radius 2 is 1.12 bits per heavy atom. The van der Waals surface area contributed by atoms with E-state index in [2.05, 4.69) is 22.4 Å². The number of rotatable bonds is 6. The lowest BCUT2D eigenvalue weighted by molar-refractivity contribution is -0.120. The molecule has 0 aliphatic heterocycles. The van der Waals surface area contributed by atoms with Crippen LogP contribution in [0.2, 0.25) is 0 Å². The van der Waals surface area contributed by atoms with Crippen molar-refractivity contribution in [2.75, 3.05) is 6.54 Å². The number of hydrogen-bond donors (Lipinski definition) is 0. The molecule has 122 valence electrons. The van der Waals surface area contributed by atoms with E-state index in [1.807, 2.05) is 91.0 Å². The maximum atomic E-state index is 13.4. The van der Waals surface area contributed by atoms with Crippen LogP contribution in [0, 0.1) is 0 Å². The van der Waals surface area contributed by atoms with Gasteiger partial charge in [0.05, 0.1) is 5.16 Å². The topological polar surface area (TPSA) is 29.4 Å². The van der Waals surface area contributed by atoms with E-state index in [-0.39, 0.29) is 12.3 Å². The third kappa shape index (κ3) is 3.20. The highest BCUT2D eigenvalue weighted by Gasteiger charge is 2.42. The molecule has 0 heterocycles. The zero-order valence-corrected chi connectivity index (χ0v) is 14.4. The van der Waals surface area contributed by atoms with Crippen molar-refractivity contribution < 1.29 is 4.79 Å². The fraction of sp³-hybridized carbons (Fsp3) is 0.0909. The molecule has 0 bridgehead atoms. The Labute approximate surface area is 152 Å². The van der Waals surface area contributed by atoms with Gasteiger partial charge in [0.15, 0.2) is 5.78 Å². The molecule has 2 nitrogen and oxygen atoms in total. The van der Waals surface area contributed by atoms with Crippen molar-refractivity contribution in [3.63, 3.8) is 0 Å². The van der Waals surface area contributed by atoms with E-state index in [4.69, 9.17) is 0 Å². The third-order valence-electron chi connectivity index (χ3n) is 4.33. The van der Waals surface area contributed by atoms with Crippen molar-refractivity contribution in [1.82, 2.24) is 0 Å². The number of aliphatic imine (C=N–C) groups is 1. The molecule has 0 spiro atoms. The molecule has 3 heteroatoms. The van der Waals surface area contributed by atoms with Gasteiger partial charge in [-0.25, -0.2) is 4.99 Å². The first-order valence-corrected chi connectivity index (χ1v) is 8.44. The quantitative estimate of drug-likeness (QED) is 0.369. The second-order valence-corrected chi connectivity index (χ2v) is 5.86. The van der Waals surface area contributed by atoms with Crippen molar-refractivity contribution in [1.29, 1.82) is 0 Å². The minimum Gasteiger partial charge on any atom is -0.296 e. The van der Waals surface area contributed by atoms with Crippen LogP contribution in [0.3, 0.4) is 0 Å². The molecule has 0 fully saturated rings. The van der Waals surface area contributed by atoms with Gasteiger partial charge in [-0.2, -0.15) is 0 Å². The molecule has 0 aliphatic carbocycles. The number of nitrogens with zero attached hydrogens (tertiary/aromatic N) is 1. The number of Topliss-reactive ketones (excluding diaryl/α,β-unsaturated/α-hetero) is 1. The molecule has 0 atom stereocenters. The summed E-state index contributed by atoms with van der Waals surface area (Å²) in [5, 5.41) is 2.31. The molecule has 0 saturated heterocycles. The molecule has 0 saturated carbocycles. The molecule has 3 aromatic rings. The predicted octanol–water partition coefficient (Wildman–Crippen LogP) is 4.69. The second kappa shape index (κ2) is 7.80. The van der Waals surface area contributed by atoms with Crippen LogP contribution in [0.1, 0.15) is 16.7 Å². The van der Waals surface area contributed by atoms with Gasteiger partial charge in [-0.3, -0.25) is 4.79 Å². The maximum absolute atomic E-state index is 13.4. The summed E-state index contributed by atoms with van der Waals surface area (Å²) in [6.45, 7) is -0.0117. The third-order valence-corrected chi connectivity index (χ3v) is 4.45.